The Bertz CT molecular complexity index is 879. The Hall–Kier alpha value is -2.52. The molecule has 1 aliphatic rings. The summed E-state index contributed by atoms with van der Waals surface area (Å²) in [4.78, 5) is 4.79. The second-order valence-corrected chi connectivity index (χ2v) is 7.43. The van der Waals surface area contributed by atoms with Gasteiger partial charge in [-0.15, -0.1) is 0 Å². The Labute approximate surface area is 156 Å². The van der Waals surface area contributed by atoms with Crippen LogP contribution in [0.3, 0.4) is 0 Å². The van der Waals surface area contributed by atoms with Crippen LogP contribution in [0.5, 0.6) is 0 Å². The van der Waals surface area contributed by atoms with E-state index in [1.807, 2.05) is 0 Å². The smallest absolute Gasteiger partial charge is 0.0759 e. The van der Waals surface area contributed by atoms with E-state index in [9.17, 15) is 0 Å². The van der Waals surface area contributed by atoms with Crippen LogP contribution in [0.25, 0.3) is 0 Å². The lowest BCUT2D eigenvalue weighted by Gasteiger charge is -2.37. The summed E-state index contributed by atoms with van der Waals surface area (Å²) >= 11 is 0. The first-order valence-corrected chi connectivity index (χ1v) is 9.34. The third kappa shape index (κ3) is 3.15. The molecule has 2 aromatic carbocycles. The summed E-state index contributed by atoms with van der Waals surface area (Å²) in [6, 6.07) is 22.5. The van der Waals surface area contributed by atoms with Crippen molar-refractivity contribution in [2.75, 3.05) is 25.5 Å². The molecule has 0 aliphatic carbocycles. The summed E-state index contributed by atoms with van der Waals surface area (Å²) in [6.45, 7) is 5.30. The van der Waals surface area contributed by atoms with Crippen LogP contribution in [0, 0.1) is 6.92 Å². The molecule has 134 valence electrons. The van der Waals surface area contributed by atoms with Gasteiger partial charge in [0.15, 0.2) is 0 Å². The summed E-state index contributed by atoms with van der Waals surface area (Å²) in [5.41, 5.74) is 6.77. The van der Waals surface area contributed by atoms with Crippen molar-refractivity contribution in [2.45, 2.75) is 26.1 Å². The SMILES string of the molecule is Cc1cc(CN2CCn3cccc3C2c2ccccc2)ccc1N(C)C. The molecule has 0 amide bonds. The molecule has 0 radical (unpaired) electrons. The number of aromatic nitrogens is 1. The Balaban J connectivity index is 1.66. The van der Waals surface area contributed by atoms with Gasteiger partial charge in [0.05, 0.1) is 6.04 Å². The van der Waals surface area contributed by atoms with Gasteiger partial charge in [-0.2, -0.15) is 0 Å². The maximum Gasteiger partial charge on any atom is 0.0759 e. The van der Waals surface area contributed by atoms with Crippen LogP contribution in [-0.2, 0) is 13.1 Å². The highest BCUT2D eigenvalue weighted by molar-refractivity contribution is 5.53. The van der Waals surface area contributed by atoms with Crippen LogP contribution in [0.15, 0.2) is 66.9 Å². The van der Waals surface area contributed by atoms with E-state index in [1.165, 1.54) is 28.1 Å². The summed E-state index contributed by atoms with van der Waals surface area (Å²) in [5.74, 6) is 0. The number of anilines is 1. The largest absolute Gasteiger partial charge is 0.377 e. The lowest BCUT2D eigenvalue weighted by Crippen LogP contribution is -2.37. The molecule has 0 N–H and O–H groups in total. The molecule has 3 aromatic rings. The number of hydrogen-bond donors (Lipinski definition) is 0. The van der Waals surface area contributed by atoms with Gasteiger partial charge in [0.25, 0.3) is 0 Å². The number of hydrogen-bond acceptors (Lipinski definition) is 2. The second-order valence-electron chi connectivity index (χ2n) is 7.43. The maximum absolute atomic E-state index is 2.61. The van der Waals surface area contributed by atoms with Gasteiger partial charge in [0, 0.05) is 51.3 Å². The van der Waals surface area contributed by atoms with Gasteiger partial charge in [-0.25, -0.2) is 0 Å². The van der Waals surface area contributed by atoms with Gasteiger partial charge >= 0.3 is 0 Å². The standard InChI is InChI=1S/C23H27N3/c1-18-16-19(11-12-21(18)24(2)3)17-26-15-14-25-13-7-10-22(25)23(26)20-8-5-4-6-9-20/h4-13,16,23H,14-15,17H2,1-3H3. The molecule has 4 rings (SSSR count). The number of fused-ring (bicyclic) bond motifs is 1. The first-order chi connectivity index (χ1) is 12.6. The fraction of sp³-hybridized carbons (Fsp3) is 0.304. The van der Waals surface area contributed by atoms with Gasteiger partial charge < -0.3 is 9.47 Å². The Morgan fingerprint density at radius 2 is 1.77 bits per heavy atom. The molecule has 2 heterocycles. The molecule has 0 spiro atoms. The zero-order valence-electron chi connectivity index (χ0n) is 15.9. The molecule has 1 aromatic heterocycles. The Kier molecular flexibility index (Phi) is 4.56. The van der Waals surface area contributed by atoms with Gasteiger partial charge in [-0.3, -0.25) is 4.90 Å². The van der Waals surface area contributed by atoms with E-state index in [-0.39, 0.29) is 0 Å². The lowest BCUT2D eigenvalue weighted by molar-refractivity contribution is 0.174. The van der Waals surface area contributed by atoms with Crippen molar-refractivity contribution in [3.8, 4) is 0 Å². The number of benzene rings is 2. The Morgan fingerprint density at radius 1 is 0.962 bits per heavy atom. The molecule has 1 unspecified atom stereocenters. The minimum atomic E-state index is 0.314. The van der Waals surface area contributed by atoms with Crippen molar-refractivity contribution in [1.82, 2.24) is 9.47 Å². The predicted octanol–water partition coefficient (Wildman–Crippen LogP) is 4.47. The molecule has 3 heteroatoms. The molecular weight excluding hydrogens is 318 g/mol. The zero-order valence-corrected chi connectivity index (χ0v) is 15.9. The van der Waals surface area contributed by atoms with E-state index in [4.69, 9.17) is 0 Å². The van der Waals surface area contributed by atoms with Crippen LogP contribution in [0.4, 0.5) is 5.69 Å². The normalized spacial score (nSPS) is 17.1. The summed E-state index contributed by atoms with van der Waals surface area (Å²) in [5, 5.41) is 0. The van der Waals surface area contributed by atoms with Gasteiger partial charge in [0.1, 0.15) is 0 Å². The van der Waals surface area contributed by atoms with Gasteiger partial charge in [-0.1, -0.05) is 42.5 Å². The highest BCUT2D eigenvalue weighted by atomic mass is 15.2. The number of aryl methyl sites for hydroxylation is 1. The number of rotatable bonds is 4. The Morgan fingerprint density at radius 3 is 2.50 bits per heavy atom. The monoisotopic (exact) mass is 345 g/mol. The van der Waals surface area contributed by atoms with Crippen LogP contribution in [-0.4, -0.2) is 30.1 Å². The van der Waals surface area contributed by atoms with Gasteiger partial charge in [-0.05, 0) is 41.8 Å². The van der Waals surface area contributed by atoms with E-state index in [2.05, 4.69) is 102 Å². The van der Waals surface area contributed by atoms with Crippen molar-refractivity contribution < 1.29 is 0 Å². The van der Waals surface area contributed by atoms with Crippen molar-refractivity contribution in [3.05, 3.63) is 89.2 Å². The molecule has 0 saturated carbocycles. The third-order valence-corrected chi connectivity index (χ3v) is 5.38. The highest BCUT2D eigenvalue weighted by Crippen LogP contribution is 2.33. The van der Waals surface area contributed by atoms with Crippen LogP contribution < -0.4 is 4.90 Å². The quantitative estimate of drug-likeness (QED) is 0.691. The second kappa shape index (κ2) is 7.00. The van der Waals surface area contributed by atoms with E-state index in [0.29, 0.717) is 6.04 Å². The van der Waals surface area contributed by atoms with Crippen molar-refractivity contribution in [3.63, 3.8) is 0 Å². The van der Waals surface area contributed by atoms with E-state index in [0.717, 1.165) is 19.6 Å². The van der Waals surface area contributed by atoms with Crippen molar-refractivity contribution in [1.29, 1.82) is 0 Å². The van der Waals surface area contributed by atoms with Crippen LogP contribution in [0.1, 0.15) is 28.4 Å². The molecule has 3 nitrogen and oxygen atoms in total. The first-order valence-electron chi connectivity index (χ1n) is 9.34. The molecular formula is C23H27N3. The highest BCUT2D eigenvalue weighted by Gasteiger charge is 2.28. The van der Waals surface area contributed by atoms with Gasteiger partial charge in [0.2, 0.25) is 0 Å². The topological polar surface area (TPSA) is 11.4 Å². The zero-order chi connectivity index (χ0) is 18.1. The molecule has 0 fully saturated rings. The first kappa shape index (κ1) is 16.9. The maximum atomic E-state index is 2.61. The molecule has 0 saturated heterocycles. The minimum absolute atomic E-state index is 0.314. The average Bonchev–Trinajstić information content (AvgIpc) is 3.10. The fourth-order valence-electron chi connectivity index (χ4n) is 4.17. The molecule has 0 bridgehead atoms. The predicted molar refractivity (Wildman–Crippen MR) is 109 cm³/mol. The fourth-order valence-corrected chi connectivity index (χ4v) is 4.17. The summed E-state index contributed by atoms with van der Waals surface area (Å²) in [7, 11) is 4.21. The van der Waals surface area contributed by atoms with E-state index in [1.54, 1.807) is 0 Å². The van der Waals surface area contributed by atoms with Crippen LogP contribution >= 0.6 is 0 Å². The summed E-state index contributed by atoms with van der Waals surface area (Å²) in [6.07, 6.45) is 2.21. The van der Waals surface area contributed by atoms with Crippen LogP contribution in [0.2, 0.25) is 0 Å². The van der Waals surface area contributed by atoms with Crippen molar-refractivity contribution >= 4 is 5.69 Å². The molecule has 26 heavy (non-hydrogen) atoms. The number of nitrogens with zero attached hydrogens (tertiary/aromatic N) is 3. The van der Waals surface area contributed by atoms with Crippen molar-refractivity contribution in [2.24, 2.45) is 0 Å². The summed E-state index contributed by atoms with van der Waals surface area (Å²) < 4.78 is 2.40. The average molecular weight is 345 g/mol. The van der Waals surface area contributed by atoms with E-state index < -0.39 is 0 Å². The molecule has 1 atom stereocenters. The van der Waals surface area contributed by atoms with E-state index >= 15 is 0 Å². The third-order valence-electron chi connectivity index (χ3n) is 5.38. The molecule has 1 aliphatic heterocycles. The lowest BCUT2D eigenvalue weighted by atomic mass is 9.99. The minimum Gasteiger partial charge on any atom is -0.377 e.